The van der Waals surface area contributed by atoms with Crippen LogP contribution < -0.4 is 10.6 Å². The molecule has 1 aliphatic heterocycles. The average Bonchev–Trinajstić information content (AvgIpc) is 3.20. The summed E-state index contributed by atoms with van der Waals surface area (Å²) >= 11 is 0. The quantitative estimate of drug-likeness (QED) is 0.266. The van der Waals surface area contributed by atoms with E-state index in [1.807, 2.05) is 6.20 Å². The zero-order valence-electron chi connectivity index (χ0n) is 15.8. The first-order chi connectivity index (χ1) is 13.7. The molecule has 1 aliphatic carbocycles. The maximum atomic E-state index is 9.97. The highest BCUT2D eigenvalue weighted by molar-refractivity contribution is 6.00. The third kappa shape index (κ3) is 3.30. The summed E-state index contributed by atoms with van der Waals surface area (Å²) in [6.07, 6.45) is 14.0. The Kier molecular flexibility index (Phi) is 5.18. The molecule has 0 fully saturated rings. The highest BCUT2D eigenvalue weighted by Crippen LogP contribution is 2.44. The minimum atomic E-state index is -0.911. The fraction of sp³-hybridized carbons (Fsp3) is 0.364. The molecule has 0 amide bonds. The van der Waals surface area contributed by atoms with Gasteiger partial charge < -0.3 is 10.4 Å². The molecule has 2 aliphatic rings. The molecule has 4 N–H and O–H groups in total. The van der Waals surface area contributed by atoms with Crippen molar-refractivity contribution in [3.63, 3.8) is 0 Å². The maximum Gasteiger partial charge on any atom is 0.178 e. The van der Waals surface area contributed by atoms with E-state index in [0.29, 0.717) is 6.42 Å². The number of anilines is 1. The first-order valence-corrected chi connectivity index (χ1v) is 9.79. The zero-order chi connectivity index (χ0) is 19.5. The summed E-state index contributed by atoms with van der Waals surface area (Å²) in [5.41, 5.74) is 6.42. The number of rotatable bonds is 6. The number of H-pyrrole nitrogens is 1. The lowest BCUT2D eigenvalue weighted by molar-refractivity contribution is 0.113. The second kappa shape index (κ2) is 7.91. The van der Waals surface area contributed by atoms with Crippen molar-refractivity contribution in [2.75, 3.05) is 5.32 Å². The number of nitrogens with one attached hydrogen (secondary N) is 3. The minimum absolute atomic E-state index is 0.152. The molecule has 4 rings (SSSR count). The molecule has 3 unspecified atom stereocenters. The Bertz CT molecular complexity index is 980. The Morgan fingerprint density at radius 3 is 3.07 bits per heavy atom. The van der Waals surface area contributed by atoms with Gasteiger partial charge in [0.2, 0.25) is 0 Å². The maximum absolute atomic E-state index is 9.97. The second-order valence-corrected chi connectivity index (χ2v) is 7.42. The van der Waals surface area contributed by atoms with Gasteiger partial charge >= 0.3 is 0 Å². The summed E-state index contributed by atoms with van der Waals surface area (Å²) in [7, 11) is 0. The molecular weight excluding hydrogens is 350 g/mol. The van der Waals surface area contributed by atoms with Crippen LogP contribution in [0.15, 0.2) is 48.7 Å². The standard InChI is InChI=1S/C22H25N5O/c1-2-14(22(28)24-13-23)6-5-9-18-15-7-3-4-8-16(15)21-17-12-25-27-19(17)10-11-20(21)26-18/h2,5,9-12,14,18,22,24,26,28H,1,3-4,6-8H2,(H,25,27)/b9-5+. The fourth-order valence-electron chi connectivity index (χ4n) is 4.34. The van der Waals surface area contributed by atoms with E-state index in [0.717, 1.165) is 24.0 Å². The van der Waals surface area contributed by atoms with Crippen molar-refractivity contribution < 1.29 is 5.11 Å². The topological polar surface area (TPSA) is 96.8 Å². The number of fused-ring (bicyclic) bond motifs is 4. The second-order valence-electron chi connectivity index (χ2n) is 7.42. The monoisotopic (exact) mass is 375 g/mol. The van der Waals surface area contributed by atoms with Crippen LogP contribution in [0.3, 0.4) is 0 Å². The molecule has 0 saturated heterocycles. The predicted molar refractivity (Wildman–Crippen MR) is 111 cm³/mol. The van der Waals surface area contributed by atoms with Gasteiger partial charge in [-0.05, 0) is 55.4 Å². The number of hydrogen-bond acceptors (Lipinski definition) is 5. The highest BCUT2D eigenvalue weighted by Gasteiger charge is 2.28. The molecule has 144 valence electrons. The van der Waals surface area contributed by atoms with Gasteiger partial charge in [0, 0.05) is 22.6 Å². The summed E-state index contributed by atoms with van der Waals surface area (Å²) in [5.74, 6) is -0.211. The molecule has 1 aromatic carbocycles. The van der Waals surface area contributed by atoms with Gasteiger partial charge in [-0.3, -0.25) is 10.4 Å². The number of aliphatic hydroxyl groups is 1. The molecule has 6 nitrogen and oxygen atoms in total. The fourth-order valence-corrected chi connectivity index (χ4v) is 4.34. The number of benzene rings is 1. The number of allylic oxidation sites excluding steroid dienone is 2. The van der Waals surface area contributed by atoms with Gasteiger partial charge in [-0.2, -0.15) is 10.4 Å². The normalized spacial score (nSPS) is 20.8. The summed E-state index contributed by atoms with van der Waals surface area (Å²) in [6.45, 7) is 3.77. The van der Waals surface area contributed by atoms with Crippen LogP contribution in [0, 0.1) is 17.4 Å². The first-order valence-electron chi connectivity index (χ1n) is 9.79. The van der Waals surface area contributed by atoms with Gasteiger partial charge in [-0.25, -0.2) is 0 Å². The van der Waals surface area contributed by atoms with E-state index in [1.165, 1.54) is 34.9 Å². The number of nitrogens with zero attached hydrogens (tertiary/aromatic N) is 2. The van der Waals surface area contributed by atoms with Crippen LogP contribution in [-0.2, 0) is 0 Å². The van der Waals surface area contributed by atoms with Crippen molar-refractivity contribution in [1.82, 2.24) is 15.5 Å². The van der Waals surface area contributed by atoms with Crippen molar-refractivity contribution in [2.24, 2.45) is 5.92 Å². The molecule has 3 atom stereocenters. The predicted octanol–water partition coefficient (Wildman–Crippen LogP) is 3.82. The van der Waals surface area contributed by atoms with E-state index in [2.05, 4.69) is 51.7 Å². The Hall–Kier alpha value is -3.04. The lowest BCUT2D eigenvalue weighted by Crippen LogP contribution is -2.31. The van der Waals surface area contributed by atoms with Crippen molar-refractivity contribution in [3.8, 4) is 6.19 Å². The summed E-state index contributed by atoms with van der Waals surface area (Å²) in [6, 6.07) is 4.35. The molecule has 0 bridgehead atoms. The largest absolute Gasteiger partial charge is 0.375 e. The Morgan fingerprint density at radius 1 is 1.39 bits per heavy atom. The van der Waals surface area contributed by atoms with E-state index in [4.69, 9.17) is 5.26 Å². The Morgan fingerprint density at radius 2 is 2.25 bits per heavy atom. The van der Waals surface area contributed by atoms with E-state index >= 15 is 0 Å². The molecular formula is C22H25N5O. The van der Waals surface area contributed by atoms with Gasteiger partial charge in [0.1, 0.15) is 6.23 Å². The van der Waals surface area contributed by atoms with Crippen LogP contribution in [0.4, 0.5) is 5.69 Å². The highest BCUT2D eigenvalue weighted by atomic mass is 16.3. The number of aromatic nitrogens is 2. The SMILES string of the molecule is C=CC(C/C=C/C1Nc2ccc3[nH]ncc3c2C2=C1CCCC2)C(O)NC#N. The van der Waals surface area contributed by atoms with Gasteiger partial charge in [0.25, 0.3) is 0 Å². The third-order valence-electron chi connectivity index (χ3n) is 5.78. The molecule has 6 heteroatoms. The summed E-state index contributed by atoms with van der Waals surface area (Å²) < 4.78 is 0. The Labute approximate surface area is 164 Å². The van der Waals surface area contributed by atoms with Crippen LogP contribution >= 0.6 is 0 Å². The molecule has 1 aromatic heterocycles. The van der Waals surface area contributed by atoms with Crippen molar-refractivity contribution in [3.05, 3.63) is 54.3 Å². The lowest BCUT2D eigenvalue weighted by Gasteiger charge is -2.34. The average molecular weight is 375 g/mol. The van der Waals surface area contributed by atoms with Crippen molar-refractivity contribution in [2.45, 2.75) is 44.4 Å². The number of aromatic amines is 1. The van der Waals surface area contributed by atoms with Gasteiger partial charge in [-0.1, -0.05) is 18.2 Å². The van der Waals surface area contributed by atoms with E-state index in [-0.39, 0.29) is 12.0 Å². The Balaban J connectivity index is 1.61. The van der Waals surface area contributed by atoms with Gasteiger partial charge in [-0.15, -0.1) is 6.58 Å². The minimum Gasteiger partial charge on any atom is -0.375 e. The number of hydrogen-bond donors (Lipinski definition) is 4. The van der Waals surface area contributed by atoms with Gasteiger partial charge in [0.05, 0.1) is 17.8 Å². The summed E-state index contributed by atoms with van der Waals surface area (Å²) in [4.78, 5) is 0. The third-order valence-corrected chi connectivity index (χ3v) is 5.78. The first kappa shape index (κ1) is 18.3. The van der Waals surface area contributed by atoms with E-state index in [9.17, 15) is 5.11 Å². The summed E-state index contributed by atoms with van der Waals surface area (Å²) in [5, 5.41) is 33.2. The van der Waals surface area contributed by atoms with Crippen molar-refractivity contribution >= 4 is 22.2 Å². The van der Waals surface area contributed by atoms with Crippen LogP contribution in [0.25, 0.3) is 16.5 Å². The molecule has 28 heavy (non-hydrogen) atoms. The molecule has 0 radical (unpaired) electrons. The van der Waals surface area contributed by atoms with Crippen LogP contribution in [-0.4, -0.2) is 27.6 Å². The van der Waals surface area contributed by atoms with Crippen LogP contribution in [0.5, 0.6) is 0 Å². The lowest BCUT2D eigenvalue weighted by atomic mass is 9.79. The zero-order valence-corrected chi connectivity index (χ0v) is 15.8. The van der Waals surface area contributed by atoms with Gasteiger partial charge in [0.15, 0.2) is 6.19 Å². The van der Waals surface area contributed by atoms with E-state index < -0.39 is 6.23 Å². The van der Waals surface area contributed by atoms with Crippen molar-refractivity contribution in [1.29, 1.82) is 5.26 Å². The van der Waals surface area contributed by atoms with Crippen LogP contribution in [0.2, 0.25) is 0 Å². The number of nitriles is 1. The molecule has 2 heterocycles. The van der Waals surface area contributed by atoms with Crippen LogP contribution in [0.1, 0.15) is 37.7 Å². The molecule has 2 aromatic rings. The number of aliphatic hydroxyl groups excluding tert-OH is 1. The molecule has 0 saturated carbocycles. The molecule has 0 spiro atoms. The smallest absolute Gasteiger partial charge is 0.178 e. The van der Waals surface area contributed by atoms with E-state index in [1.54, 1.807) is 12.3 Å².